The van der Waals surface area contributed by atoms with Crippen LogP contribution in [0.15, 0.2) is 35.2 Å². The van der Waals surface area contributed by atoms with Crippen LogP contribution in [0.4, 0.5) is 17.6 Å². The molecule has 0 atom stereocenters. The lowest BCUT2D eigenvalue weighted by Gasteiger charge is -2.21. The van der Waals surface area contributed by atoms with E-state index in [0.717, 1.165) is 12.1 Å². The summed E-state index contributed by atoms with van der Waals surface area (Å²) < 4.78 is 76.5. The van der Waals surface area contributed by atoms with E-state index in [9.17, 15) is 26.0 Å². The maximum absolute atomic E-state index is 12.7. The molecule has 0 fully saturated rings. The van der Waals surface area contributed by atoms with Crippen molar-refractivity contribution in [2.45, 2.75) is 16.9 Å². The Morgan fingerprint density at radius 3 is 2.06 bits per heavy atom. The number of benzene rings is 1. The van der Waals surface area contributed by atoms with Crippen molar-refractivity contribution >= 4 is 10.1 Å². The fraction of sp³-hybridized carbons (Fsp3) is 0.333. The van der Waals surface area contributed by atoms with Crippen LogP contribution in [0, 0.1) is 0 Å². The summed E-state index contributed by atoms with van der Waals surface area (Å²) >= 11 is 0. The minimum absolute atomic E-state index is 0.416. The highest BCUT2D eigenvalue weighted by molar-refractivity contribution is 7.86. The van der Waals surface area contributed by atoms with E-state index in [-0.39, 0.29) is 0 Å². The lowest BCUT2D eigenvalue weighted by Crippen LogP contribution is -2.51. The molecule has 0 aromatic heterocycles. The Hall–Kier alpha value is -1.19. The fourth-order valence-electron chi connectivity index (χ4n) is 0.903. The highest BCUT2D eigenvalue weighted by Gasteiger charge is 2.54. The molecular weight excluding hydrogens is 278 g/mol. The van der Waals surface area contributed by atoms with Crippen molar-refractivity contribution in [3.8, 4) is 0 Å². The average molecular weight is 287 g/mol. The quantitative estimate of drug-likeness (QED) is 0.507. The Kier molecular flexibility index (Phi) is 3.99. The standard InChI is InChI=1S/C9H9F4NO3S/c10-8(11,9(12,13)14)6-17-18(15,16)7-4-2-1-3-5-7/h1-5H,6,14H2. The fourth-order valence-corrected chi connectivity index (χ4v) is 1.83. The zero-order chi connectivity index (χ0) is 14.0. The summed E-state index contributed by atoms with van der Waals surface area (Å²) in [5, 5.41) is 0. The summed E-state index contributed by atoms with van der Waals surface area (Å²) in [6.45, 7) is -2.03. The SMILES string of the molecule is NC(F)(F)C(F)(F)COS(=O)(=O)c1ccccc1. The van der Waals surface area contributed by atoms with Crippen LogP contribution >= 0.6 is 0 Å². The van der Waals surface area contributed by atoms with E-state index in [4.69, 9.17) is 0 Å². The van der Waals surface area contributed by atoms with Gasteiger partial charge >= 0.3 is 12.0 Å². The molecule has 9 heteroatoms. The van der Waals surface area contributed by atoms with E-state index < -0.39 is 33.6 Å². The molecule has 2 N–H and O–H groups in total. The minimum Gasteiger partial charge on any atom is -0.267 e. The Morgan fingerprint density at radius 1 is 1.11 bits per heavy atom. The second kappa shape index (κ2) is 4.82. The van der Waals surface area contributed by atoms with Gasteiger partial charge in [0.15, 0.2) is 0 Å². The molecule has 0 aliphatic carbocycles. The van der Waals surface area contributed by atoms with Crippen LogP contribution in [0.1, 0.15) is 0 Å². The van der Waals surface area contributed by atoms with Gasteiger partial charge in [0.2, 0.25) is 0 Å². The van der Waals surface area contributed by atoms with Crippen LogP contribution in [-0.2, 0) is 14.3 Å². The zero-order valence-electron chi connectivity index (χ0n) is 8.82. The third-order valence-electron chi connectivity index (χ3n) is 1.91. The molecule has 1 aromatic rings. The van der Waals surface area contributed by atoms with Crippen molar-refractivity contribution in [2.24, 2.45) is 5.73 Å². The van der Waals surface area contributed by atoms with E-state index in [1.165, 1.54) is 18.2 Å². The summed E-state index contributed by atoms with van der Waals surface area (Å²) in [6.07, 6.45) is 0. The predicted octanol–water partition coefficient (Wildman–Crippen LogP) is 1.58. The van der Waals surface area contributed by atoms with E-state index in [1.54, 1.807) is 0 Å². The average Bonchev–Trinajstić information content (AvgIpc) is 2.26. The molecule has 1 rings (SSSR count). The van der Waals surface area contributed by atoms with Crippen LogP contribution < -0.4 is 5.73 Å². The number of hydrogen-bond donors (Lipinski definition) is 1. The van der Waals surface area contributed by atoms with Gasteiger partial charge in [0, 0.05) is 0 Å². The molecule has 0 heterocycles. The maximum atomic E-state index is 12.7. The second-order valence-electron chi connectivity index (χ2n) is 3.36. The molecule has 18 heavy (non-hydrogen) atoms. The zero-order valence-corrected chi connectivity index (χ0v) is 9.63. The lowest BCUT2D eigenvalue weighted by atomic mass is 10.3. The largest absolute Gasteiger partial charge is 0.365 e. The van der Waals surface area contributed by atoms with Gasteiger partial charge in [-0.2, -0.15) is 26.0 Å². The molecule has 0 aliphatic rings. The molecule has 0 aliphatic heterocycles. The second-order valence-corrected chi connectivity index (χ2v) is 4.97. The van der Waals surface area contributed by atoms with Crippen LogP contribution in [0.5, 0.6) is 0 Å². The van der Waals surface area contributed by atoms with Gasteiger partial charge in [-0.15, -0.1) is 0 Å². The molecule has 4 nitrogen and oxygen atoms in total. The first-order valence-corrected chi connectivity index (χ1v) is 5.96. The first-order chi connectivity index (χ1) is 8.06. The molecule has 0 bridgehead atoms. The number of alkyl halides is 4. The molecular formula is C9H9F4NO3S. The van der Waals surface area contributed by atoms with Crippen molar-refractivity contribution in [3.63, 3.8) is 0 Å². The summed E-state index contributed by atoms with van der Waals surface area (Å²) in [4.78, 5) is -0.416. The van der Waals surface area contributed by atoms with Crippen molar-refractivity contribution < 1.29 is 30.2 Å². The van der Waals surface area contributed by atoms with Crippen LogP contribution in [0.3, 0.4) is 0 Å². The molecule has 0 saturated carbocycles. The molecule has 0 amide bonds. The third kappa shape index (κ3) is 3.40. The first kappa shape index (κ1) is 14.9. The summed E-state index contributed by atoms with van der Waals surface area (Å²) in [5.41, 5.74) is 3.92. The normalized spacial score (nSPS) is 13.6. The van der Waals surface area contributed by atoms with Gasteiger partial charge in [-0.3, -0.25) is 9.92 Å². The van der Waals surface area contributed by atoms with Gasteiger partial charge in [0.1, 0.15) is 6.61 Å². The number of hydrogen-bond acceptors (Lipinski definition) is 4. The van der Waals surface area contributed by atoms with Gasteiger partial charge in [0.25, 0.3) is 10.1 Å². The van der Waals surface area contributed by atoms with E-state index in [2.05, 4.69) is 9.92 Å². The van der Waals surface area contributed by atoms with E-state index in [0.29, 0.717) is 0 Å². The summed E-state index contributed by atoms with van der Waals surface area (Å²) in [6, 6.07) is 1.43. The highest BCUT2D eigenvalue weighted by atomic mass is 32.2. The molecule has 0 spiro atoms. The minimum atomic E-state index is -4.86. The monoisotopic (exact) mass is 287 g/mol. The van der Waals surface area contributed by atoms with Crippen molar-refractivity contribution in [1.82, 2.24) is 0 Å². The Labute approximate surface area is 100 Å². The van der Waals surface area contributed by atoms with Crippen LogP contribution in [-0.4, -0.2) is 27.0 Å². The van der Waals surface area contributed by atoms with Crippen molar-refractivity contribution in [3.05, 3.63) is 30.3 Å². The van der Waals surface area contributed by atoms with Gasteiger partial charge in [-0.25, -0.2) is 0 Å². The van der Waals surface area contributed by atoms with Gasteiger partial charge in [-0.1, -0.05) is 18.2 Å². The predicted molar refractivity (Wildman–Crippen MR) is 53.7 cm³/mol. The molecule has 1 aromatic carbocycles. The molecule has 0 unspecified atom stereocenters. The molecule has 0 radical (unpaired) electrons. The first-order valence-electron chi connectivity index (χ1n) is 4.55. The third-order valence-corrected chi connectivity index (χ3v) is 3.19. The number of nitrogens with two attached hydrogens (primary N) is 1. The van der Waals surface area contributed by atoms with E-state index >= 15 is 0 Å². The van der Waals surface area contributed by atoms with E-state index in [1.807, 2.05) is 0 Å². The Bertz CT molecular complexity index is 498. The highest BCUT2D eigenvalue weighted by Crippen LogP contribution is 2.30. The summed E-state index contributed by atoms with van der Waals surface area (Å²) in [7, 11) is -4.52. The maximum Gasteiger partial charge on any atom is 0.365 e. The van der Waals surface area contributed by atoms with Gasteiger partial charge in [0.05, 0.1) is 4.90 Å². The summed E-state index contributed by atoms with van der Waals surface area (Å²) in [5.74, 6) is -4.78. The number of halogens is 4. The van der Waals surface area contributed by atoms with Gasteiger partial charge < -0.3 is 0 Å². The molecule has 102 valence electrons. The Balaban J connectivity index is 2.82. The number of rotatable bonds is 5. The van der Waals surface area contributed by atoms with Crippen molar-refractivity contribution in [2.75, 3.05) is 6.61 Å². The smallest absolute Gasteiger partial charge is 0.267 e. The van der Waals surface area contributed by atoms with Crippen LogP contribution in [0.2, 0.25) is 0 Å². The lowest BCUT2D eigenvalue weighted by molar-refractivity contribution is -0.217. The van der Waals surface area contributed by atoms with Crippen molar-refractivity contribution in [1.29, 1.82) is 0 Å². The van der Waals surface area contributed by atoms with Gasteiger partial charge in [-0.05, 0) is 12.1 Å². The van der Waals surface area contributed by atoms with Crippen LogP contribution in [0.25, 0.3) is 0 Å². The Morgan fingerprint density at radius 2 is 1.61 bits per heavy atom. The topological polar surface area (TPSA) is 69.4 Å². The molecule has 0 saturated heterocycles.